The molecular formula is C45H51Cl5N10O4. The lowest BCUT2D eigenvalue weighted by Gasteiger charge is -2.36. The minimum absolute atomic E-state index is 0. The molecule has 0 atom stereocenters. The molecule has 2 fully saturated rings. The molecule has 0 spiro atoms. The van der Waals surface area contributed by atoms with Gasteiger partial charge in [-0.25, -0.2) is 0 Å². The number of ether oxygens (including phenoxy) is 2. The van der Waals surface area contributed by atoms with Gasteiger partial charge in [0.1, 0.15) is 35.3 Å². The summed E-state index contributed by atoms with van der Waals surface area (Å²) in [4.78, 5) is 40.9. The number of alkyl halides is 1. The SMILES string of the molecule is C.COc1cc(N2CCN(C(=O)CCl)CC2)ccc1Cl.COc1cc(N2CCN(C(=O)Cn3nc(-c4ccccn4)c(Cl)c3C)CC2)ccc1Cl.Cc1[nH]nc(-c2ccccn2)c1Cl. The van der Waals surface area contributed by atoms with E-state index in [9.17, 15) is 9.59 Å². The second-order valence-electron chi connectivity index (χ2n) is 14.4. The number of carbonyl (C=O) groups excluding carboxylic acids is 2. The number of nitrogens with zero attached hydrogens (tertiary/aromatic N) is 9. The summed E-state index contributed by atoms with van der Waals surface area (Å²) in [5.74, 6) is 1.37. The first-order valence-electron chi connectivity index (χ1n) is 20.0. The third-order valence-electron chi connectivity index (χ3n) is 10.5. The van der Waals surface area contributed by atoms with Crippen LogP contribution in [0.2, 0.25) is 20.1 Å². The predicted octanol–water partition coefficient (Wildman–Crippen LogP) is 9.22. The number of pyridine rings is 2. The number of aromatic amines is 1. The quantitative estimate of drug-likeness (QED) is 0.140. The Morgan fingerprint density at radius 2 is 1.14 bits per heavy atom. The second kappa shape index (κ2) is 23.6. The molecule has 14 nitrogen and oxygen atoms in total. The van der Waals surface area contributed by atoms with Crippen LogP contribution in [-0.4, -0.2) is 124 Å². The van der Waals surface area contributed by atoms with Crippen molar-refractivity contribution in [1.82, 2.24) is 39.7 Å². The summed E-state index contributed by atoms with van der Waals surface area (Å²) in [5, 5.41) is 13.8. The number of H-pyrrole nitrogens is 1. The molecule has 64 heavy (non-hydrogen) atoms. The molecule has 0 radical (unpaired) electrons. The second-order valence-corrected chi connectivity index (χ2v) is 16.2. The van der Waals surface area contributed by atoms with Gasteiger partial charge in [0.15, 0.2) is 0 Å². The van der Waals surface area contributed by atoms with Gasteiger partial charge in [-0.2, -0.15) is 10.2 Å². The molecule has 6 heterocycles. The fourth-order valence-corrected chi connectivity index (χ4v) is 7.84. The van der Waals surface area contributed by atoms with Gasteiger partial charge in [0, 0.05) is 88.3 Å². The Hall–Kier alpha value is -5.25. The van der Waals surface area contributed by atoms with Gasteiger partial charge in [0.25, 0.3) is 0 Å². The average Bonchev–Trinajstić information content (AvgIpc) is 3.81. The number of halogens is 5. The van der Waals surface area contributed by atoms with Crippen LogP contribution in [0.5, 0.6) is 11.5 Å². The van der Waals surface area contributed by atoms with E-state index in [2.05, 4.69) is 35.1 Å². The van der Waals surface area contributed by atoms with Crippen LogP contribution in [0.3, 0.4) is 0 Å². The highest BCUT2D eigenvalue weighted by Gasteiger charge is 2.25. The van der Waals surface area contributed by atoms with E-state index in [0.717, 1.165) is 54.6 Å². The van der Waals surface area contributed by atoms with E-state index in [1.165, 1.54) is 0 Å². The first kappa shape index (κ1) is 49.8. The Kier molecular flexibility index (Phi) is 18.4. The molecule has 0 saturated carbocycles. The van der Waals surface area contributed by atoms with Crippen molar-refractivity contribution < 1.29 is 19.1 Å². The number of nitrogens with one attached hydrogen (secondary N) is 1. The first-order valence-corrected chi connectivity index (χ1v) is 22.0. The molecule has 2 aliphatic heterocycles. The minimum atomic E-state index is -0.00463. The Bertz CT molecular complexity index is 2460. The van der Waals surface area contributed by atoms with E-state index in [1.54, 1.807) is 36.2 Å². The molecule has 2 aliphatic rings. The van der Waals surface area contributed by atoms with Gasteiger partial charge < -0.3 is 29.1 Å². The van der Waals surface area contributed by atoms with Gasteiger partial charge in [-0.1, -0.05) is 66.0 Å². The van der Waals surface area contributed by atoms with Crippen LogP contribution in [0.15, 0.2) is 85.2 Å². The molecule has 6 aromatic rings. The van der Waals surface area contributed by atoms with Gasteiger partial charge in [-0.05, 0) is 62.4 Å². The van der Waals surface area contributed by atoms with Crippen molar-refractivity contribution in [2.75, 3.05) is 82.3 Å². The molecule has 0 aliphatic carbocycles. The first-order chi connectivity index (χ1) is 30.4. The molecule has 340 valence electrons. The van der Waals surface area contributed by atoms with Gasteiger partial charge in [-0.15, -0.1) is 11.6 Å². The van der Waals surface area contributed by atoms with Gasteiger partial charge in [0.05, 0.1) is 57.1 Å². The number of hydrogen-bond acceptors (Lipinski definition) is 10. The highest BCUT2D eigenvalue weighted by Crippen LogP contribution is 2.32. The molecule has 8 rings (SSSR count). The van der Waals surface area contributed by atoms with Gasteiger partial charge >= 0.3 is 0 Å². The lowest BCUT2D eigenvalue weighted by molar-refractivity contribution is -0.132. The molecule has 1 N–H and O–H groups in total. The van der Waals surface area contributed by atoms with Crippen LogP contribution in [0.1, 0.15) is 18.8 Å². The number of aryl methyl sites for hydroxylation is 1. The van der Waals surface area contributed by atoms with Crippen molar-refractivity contribution in [2.45, 2.75) is 27.8 Å². The number of aromatic nitrogens is 6. The summed E-state index contributed by atoms with van der Waals surface area (Å²) >= 11 is 30.2. The van der Waals surface area contributed by atoms with E-state index < -0.39 is 0 Å². The minimum Gasteiger partial charge on any atom is -0.495 e. The van der Waals surface area contributed by atoms with Crippen LogP contribution >= 0.6 is 58.0 Å². The molecule has 2 aromatic carbocycles. The Balaban J connectivity index is 0.000000198. The van der Waals surface area contributed by atoms with Crippen LogP contribution in [0, 0.1) is 13.8 Å². The highest BCUT2D eigenvalue weighted by molar-refractivity contribution is 6.34. The third-order valence-corrected chi connectivity index (χ3v) is 12.3. The van der Waals surface area contributed by atoms with E-state index >= 15 is 0 Å². The van der Waals surface area contributed by atoms with Gasteiger partial charge in [-0.3, -0.25) is 29.3 Å². The summed E-state index contributed by atoms with van der Waals surface area (Å²) in [6, 6.07) is 22.6. The number of methoxy groups -OCH3 is 2. The Morgan fingerprint density at radius 1 is 0.656 bits per heavy atom. The Morgan fingerprint density at radius 3 is 1.56 bits per heavy atom. The zero-order chi connectivity index (χ0) is 45.0. The van der Waals surface area contributed by atoms with Gasteiger partial charge in [0.2, 0.25) is 11.8 Å². The Labute approximate surface area is 398 Å². The van der Waals surface area contributed by atoms with Crippen LogP contribution in [0.4, 0.5) is 11.4 Å². The maximum Gasteiger partial charge on any atom is 0.244 e. The number of carbonyl (C=O) groups is 2. The van der Waals surface area contributed by atoms with Crippen molar-refractivity contribution in [3.8, 4) is 34.3 Å². The largest absolute Gasteiger partial charge is 0.495 e. The van der Waals surface area contributed by atoms with E-state index in [1.807, 2.05) is 91.5 Å². The van der Waals surface area contributed by atoms with E-state index in [4.69, 9.17) is 67.5 Å². The molecule has 0 unspecified atom stereocenters. The van der Waals surface area contributed by atoms with Crippen molar-refractivity contribution >= 4 is 81.2 Å². The number of hydrogen-bond donors (Lipinski definition) is 1. The zero-order valence-corrected chi connectivity index (χ0v) is 39.0. The fraction of sp³-hybridized carbons (Fsp3) is 0.333. The van der Waals surface area contributed by atoms with Crippen LogP contribution < -0.4 is 19.3 Å². The average molecular weight is 973 g/mol. The molecule has 19 heteroatoms. The van der Waals surface area contributed by atoms with Crippen LogP contribution in [-0.2, 0) is 16.1 Å². The summed E-state index contributed by atoms with van der Waals surface area (Å²) in [5.41, 5.74) is 6.48. The number of rotatable bonds is 9. The monoisotopic (exact) mass is 970 g/mol. The van der Waals surface area contributed by atoms with Crippen molar-refractivity contribution in [1.29, 1.82) is 0 Å². The lowest BCUT2D eigenvalue weighted by Crippen LogP contribution is -2.49. The number of amides is 2. The summed E-state index contributed by atoms with van der Waals surface area (Å²) < 4.78 is 12.2. The normalized spacial score (nSPS) is 13.5. The fourth-order valence-electron chi connectivity index (χ4n) is 6.86. The van der Waals surface area contributed by atoms with Crippen molar-refractivity contribution in [3.05, 3.63) is 117 Å². The molecule has 2 saturated heterocycles. The topological polar surface area (TPSA) is 138 Å². The molecule has 0 bridgehead atoms. The third kappa shape index (κ3) is 12.3. The zero-order valence-electron chi connectivity index (χ0n) is 35.2. The number of anilines is 2. The summed E-state index contributed by atoms with van der Waals surface area (Å²) in [6.45, 7) is 9.56. The highest BCUT2D eigenvalue weighted by atomic mass is 35.5. The molecule has 2 amide bonds. The van der Waals surface area contributed by atoms with Crippen LogP contribution in [0.25, 0.3) is 22.8 Å². The number of piperazine rings is 2. The predicted molar refractivity (Wildman–Crippen MR) is 258 cm³/mol. The van der Waals surface area contributed by atoms with E-state index in [0.29, 0.717) is 74.9 Å². The lowest BCUT2D eigenvalue weighted by atomic mass is 10.2. The summed E-state index contributed by atoms with van der Waals surface area (Å²) in [6.07, 6.45) is 3.41. The number of benzene rings is 2. The summed E-state index contributed by atoms with van der Waals surface area (Å²) in [7, 11) is 3.20. The molecule has 4 aromatic heterocycles. The molecular weight excluding hydrogens is 922 g/mol. The maximum absolute atomic E-state index is 12.9. The van der Waals surface area contributed by atoms with E-state index in [-0.39, 0.29) is 31.7 Å². The maximum atomic E-state index is 12.9. The smallest absolute Gasteiger partial charge is 0.244 e. The van der Waals surface area contributed by atoms with Crippen molar-refractivity contribution in [3.63, 3.8) is 0 Å². The van der Waals surface area contributed by atoms with Crippen molar-refractivity contribution in [2.24, 2.45) is 0 Å². The standard InChI is InChI=1S/C22H23Cl2N5O2.C13H16Cl2N2O2.C9H8ClN3.CH4/c1-15-21(24)22(18-5-3-4-8-25-18)26-29(15)14-20(30)28-11-9-27(10-12-28)16-6-7-17(23)19(13-16)31-2;1-19-12-8-10(2-3-11(12)15)16-4-6-17(7-5-16)13(18)9-14;1-6-8(10)9(13-12-6)7-4-2-3-5-11-7;/h3-8,13H,9-12,14H2,1-2H3;2-3,8H,4-7,9H2,1H3;2-5H,1H3,(H,12,13);1H4.